The normalized spacial score (nSPS) is 19.1. The van der Waals surface area contributed by atoms with Crippen LogP contribution >= 0.6 is 0 Å². The van der Waals surface area contributed by atoms with Gasteiger partial charge < -0.3 is 14.4 Å². The Morgan fingerprint density at radius 2 is 2.04 bits per heavy atom. The highest BCUT2D eigenvalue weighted by molar-refractivity contribution is 7.88. The van der Waals surface area contributed by atoms with E-state index < -0.39 is 10.0 Å². The summed E-state index contributed by atoms with van der Waals surface area (Å²) in [5.41, 5.74) is 1.08. The molecule has 9 nitrogen and oxygen atoms in total. The third-order valence-electron chi connectivity index (χ3n) is 5.06. The first-order chi connectivity index (χ1) is 12.9. The number of nitrogens with zero attached hydrogens (tertiary/aromatic N) is 5. The van der Waals surface area contributed by atoms with Crippen LogP contribution in [0.25, 0.3) is 0 Å². The fourth-order valence-electron chi connectivity index (χ4n) is 3.50. The number of fused-ring (bicyclic) bond motifs is 1. The van der Waals surface area contributed by atoms with Crippen LogP contribution in [0.15, 0.2) is 18.2 Å². The fourth-order valence-corrected chi connectivity index (χ4v) is 4.60. The molecule has 1 atom stereocenters. The molecule has 0 bridgehead atoms. The van der Waals surface area contributed by atoms with Crippen molar-refractivity contribution in [2.24, 2.45) is 7.05 Å². The van der Waals surface area contributed by atoms with Crippen molar-refractivity contribution in [2.75, 3.05) is 31.0 Å². The highest BCUT2D eigenvalue weighted by Crippen LogP contribution is 2.36. The standard InChI is InChI=1S/C17H23N5O4S/c1-4-21(10-12-5-6-14-15(9-12)26-11-25-14)17-19-18-16(20(17)2)13-7-8-22(13)27(3,23)24/h5-6,9,13H,4,7-8,10-11H2,1-3H3. The van der Waals surface area contributed by atoms with Gasteiger partial charge in [0.15, 0.2) is 17.3 Å². The van der Waals surface area contributed by atoms with Crippen LogP contribution in [0, 0.1) is 0 Å². The van der Waals surface area contributed by atoms with Crippen LogP contribution < -0.4 is 14.4 Å². The minimum atomic E-state index is -3.24. The van der Waals surface area contributed by atoms with Crippen LogP contribution in [0.1, 0.15) is 30.8 Å². The summed E-state index contributed by atoms with van der Waals surface area (Å²) in [7, 11) is -1.36. The average Bonchev–Trinajstić information content (AvgIpc) is 3.17. The molecular formula is C17H23N5O4S. The molecule has 2 aromatic rings. The van der Waals surface area contributed by atoms with Crippen LogP contribution in [0.4, 0.5) is 5.95 Å². The summed E-state index contributed by atoms with van der Waals surface area (Å²) in [4.78, 5) is 2.09. The van der Waals surface area contributed by atoms with Crippen LogP contribution in [0.5, 0.6) is 11.5 Å². The maximum atomic E-state index is 11.9. The number of hydrogen-bond acceptors (Lipinski definition) is 7. The van der Waals surface area contributed by atoms with Crippen LogP contribution in [0.2, 0.25) is 0 Å². The van der Waals surface area contributed by atoms with Crippen LogP contribution in [0.3, 0.4) is 0 Å². The molecule has 2 aliphatic rings. The lowest BCUT2D eigenvalue weighted by Crippen LogP contribution is -2.45. The van der Waals surface area contributed by atoms with Gasteiger partial charge in [0, 0.05) is 26.7 Å². The van der Waals surface area contributed by atoms with Crippen molar-refractivity contribution >= 4 is 16.0 Å². The van der Waals surface area contributed by atoms with E-state index >= 15 is 0 Å². The van der Waals surface area contributed by atoms with Gasteiger partial charge in [0.2, 0.25) is 22.8 Å². The minimum Gasteiger partial charge on any atom is -0.454 e. The van der Waals surface area contributed by atoms with Gasteiger partial charge in [-0.2, -0.15) is 4.31 Å². The molecule has 4 rings (SSSR count). The van der Waals surface area contributed by atoms with E-state index in [-0.39, 0.29) is 12.8 Å². The molecule has 0 aliphatic carbocycles. The molecule has 1 aromatic heterocycles. The Hall–Kier alpha value is -2.33. The summed E-state index contributed by atoms with van der Waals surface area (Å²) in [6.45, 7) is 4.20. The lowest BCUT2D eigenvalue weighted by atomic mass is 10.1. The van der Waals surface area contributed by atoms with E-state index in [1.54, 1.807) is 0 Å². The van der Waals surface area contributed by atoms with E-state index in [1.165, 1.54) is 10.6 Å². The topological polar surface area (TPSA) is 89.8 Å². The first kappa shape index (κ1) is 18.1. The van der Waals surface area contributed by atoms with Crippen LogP contribution in [-0.2, 0) is 23.6 Å². The van der Waals surface area contributed by atoms with Crippen molar-refractivity contribution < 1.29 is 17.9 Å². The third-order valence-corrected chi connectivity index (χ3v) is 6.34. The molecule has 2 aliphatic heterocycles. The van der Waals surface area contributed by atoms with Crippen molar-refractivity contribution in [3.63, 3.8) is 0 Å². The zero-order valence-corrected chi connectivity index (χ0v) is 16.4. The molecule has 1 saturated heterocycles. The summed E-state index contributed by atoms with van der Waals surface area (Å²) in [5, 5.41) is 8.63. The zero-order valence-electron chi connectivity index (χ0n) is 15.6. The summed E-state index contributed by atoms with van der Waals surface area (Å²) < 4.78 is 37.9. The van der Waals surface area contributed by atoms with Crippen molar-refractivity contribution in [3.05, 3.63) is 29.6 Å². The van der Waals surface area contributed by atoms with E-state index in [1.807, 2.05) is 36.7 Å². The first-order valence-electron chi connectivity index (χ1n) is 8.88. The van der Waals surface area contributed by atoms with Crippen molar-refractivity contribution in [1.29, 1.82) is 0 Å². The molecule has 1 unspecified atom stereocenters. The van der Waals surface area contributed by atoms with Gasteiger partial charge in [0.05, 0.1) is 12.3 Å². The number of hydrogen-bond donors (Lipinski definition) is 0. The summed E-state index contributed by atoms with van der Waals surface area (Å²) in [6, 6.07) is 5.64. The van der Waals surface area contributed by atoms with Crippen molar-refractivity contribution in [1.82, 2.24) is 19.1 Å². The molecular weight excluding hydrogens is 370 g/mol. The van der Waals surface area contributed by atoms with Gasteiger partial charge in [0.1, 0.15) is 0 Å². The lowest BCUT2D eigenvalue weighted by molar-refractivity contribution is 0.174. The fraction of sp³-hybridized carbons (Fsp3) is 0.529. The summed E-state index contributed by atoms with van der Waals surface area (Å²) in [5.74, 6) is 2.89. The van der Waals surface area contributed by atoms with E-state index in [0.717, 1.165) is 30.0 Å². The van der Waals surface area contributed by atoms with Crippen molar-refractivity contribution in [2.45, 2.75) is 25.9 Å². The number of benzene rings is 1. The second kappa shape index (κ2) is 6.68. The van der Waals surface area contributed by atoms with Crippen molar-refractivity contribution in [3.8, 4) is 11.5 Å². The quantitative estimate of drug-likeness (QED) is 0.730. The molecule has 3 heterocycles. The minimum absolute atomic E-state index is 0.240. The number of anilines is 1. The second-order valence-corrected chi connectivity index (χ2v) is 8.73. The van der Waals surface area contributed by atoms with Gasteiger partial charge in [0.25, 0.3) is 0 Å². The lowest BCUT2D eigenvalue weighted by Gasteiger charge is -2.37. The largest absolute Gasteiger partial charge is 0.454 e. The Morgan fingerprint density at radius 1 is 1.26 bits per heavy atom. The van der Waals surface area contributed by atoms with Gasteiger partial charge in [-0.1, -0.05) is 6.07 Å². The Morgan fingerprint density at radius 3 is 2.70 bits per heavy atom. The van der Waals surface area contributed by atoms with E-state index in [4.69, 9.17) is 9.47 Å². The predicted molar refractivity (Wildman–Crippen MR) is 99.2 cm³/mol. The second-order valence-electron chi connectivity index (χ2n) is 6.80. The maximum absolute atomic E-state index is 11.9. The van der Waals surface area contributed by atoms with Gasteiger partial charge in [-0.3, -0.25) is 4.57 Å². The average molecular weight is 393 g/mol. The summed E-state index contributed by atoms with van der Waals surface area (Å²) >= 11 is 0. The number of sulfonamides is 1. The van der Waals surface area contributed by atoms with Gasteiger partial charge in [-0.15, -0.1) is 10.2 Å². The molecule has 0 spiro atoms. The van der Waals surface area contributed by atoms with Gasteiger partial charge >= 0.3 is 0 Å². The zero-order chi connectivity index (χ0) is 19.2. The molecule has 0 N–H and O–H groups in total. The number of ether oxygens (including phenoxy) is 2. The molecule has 146 valence electrons. The monoisotopic (exact) mass is 393 g/mol. The molecule has 0 amide bonds. The molecule has 1 fully saturated rings. The molecule has 10 heteroatoms. The smallest absolute Gasteiger partial charge is 0.231 e. The highest BCUT2D eigenvalue weighted by atomic mass is 32.2. The van der Waals surface area contributed by atoms with Crippen LogP contribution in [-0.4, -0.2) is 53.6 Å². The van der Waals surface area contributed by atoms with E-state index in [9.17, 15) is 8.42 Å². The molecule has 0 radical (unpaired) electrons. The molecule has 1 aromatic carbocycles. The Balaban J connectivity index is 1.56. The maximum Gasteiger partial charge on any atom is 0.231 e. The highest BCUT2D eigenvalue weighted by Gasteiger charge is 2.39. The van der Waals surface area contributed by atoms with E-state index in [2.05, 4.69) is 15.1 Å². The summed E-state index contributed by atoms with van der Waals surface area (Å²) in [6.07, 6.45) is 1.99. The van der Waals surface area contributed by atoms with Gasteiger partial charge in [-0.05, 0) is 31.0 Å². The molecule has 0 saturated carbocycles. The Bertz CT molecular complexity index is 958. The Kier molecular flexibility index (Phi) is 4.47. The Labute approximate surface area is 158 Å². The van der Waals surface area contributed by atoms with E-state index in [0.29, 0.717) is 24.9 Å². The molecule has 27 heavy (non-hydrogen) atoms. The first-order valence-corrected chi connectivity index (χ1v) is 10.7. The third kappa shape index (κ3) is 3.23. The predicted octanol–water partition coefficient (Wildman–Crippen LogP) is 1.28. The van der Waals surface area contributed by atoms with Gasteiger partial charge in [-0.25, -0.2) is 8.42 Å². The SMILES string of the molecule is CCN(Cc1ccc2c(c1)OCO2)c1nnc(C2CCN2S(C)(=O)=O)n1C. The number of aromatic nitrogens is 3. The number of rotatable bonds is 6.